The van der Waals surface area contributed by atoms with E-state index in [0.29, 0.717) is 24.5 Å². The molecule has 3 N–H and O–H groups in total. The van der Waals surface area contributed by atoms with Crippen LogP contribution in [0.3, 0.4) is 0 Å². The van der Waals surface area contributed by atoms with Crippen molar-refractivity contribution in [2.75, 3.05) is 6.54 Å². The van der Waals surface area contributed by atoms with Gasteiger partial charge in [-0.25, -0.2) is 4.98 Å². The van der Waals surface area contributed by atoms with Gasteiger partial charge < -0.3 is 20.2 Å². The molecular formula is C20H31N3O5. The normalized spacial score (nSPS) is 16.0. The summed E-state index contributed by atoms with van der Waals surface area (Å²) in [6.45, 7) is 5.18. The van der Waals surface area contributed by atoms with E-state index in [1.807, 2.05) is 13.8 Å². The molecule has 1 heterocycles. The molecule has 0 spiro atoms. The Morgan fingerprint density at radius 1 is 1.21 bits per heavy atom. The highest BCUT2D eigenvalue weighted by atomic mass is 16.4. The van der Waals surface area contributed by atoms with Crippen molar-refractivity contribution in [2.24, 2.45) is 11.8 Å². The zero-order chi connectivity index (χ0) is 20.7. The molecule has 0 aliphatic heterocycles. The first kappa shape index (κ1) is 21.9. The van der Waals surface area contributed by atoms with Crippen LogP contribution in [0.4, 0.5) is 0 Å². The Labute approximate surface area is 165 Å². The molecule has 2 rings (SSSR count). The van der Waals surface area contributed by atoms with Gasteiger partial charge >= 0.3 is 5.97 Å². The van der Waals surface area contributed by atoms with Crippen molar-refractivity contribution in [2.45, 2.75) is 71.8 Å². The highest BCUT2D eigenvalue weighted by Crippen LogP contribution is 2.28. The number of nitrogens with zero attached hydrogens (tertiary/aromatic N) is 1. The minimum Gasteiger partial charge on any atom is -0.480 e. The van der Waals surface area contributed by atoms with Crippen LogP contribution in [0.25, 0.3) is 0 Å². The quantitative estimate of drug-likeness (QED) is 0.593. The predicted molar refractivity (Wildman–Crippen MR) is 103 cm³/mol. The van der Waals surface area contributed by atoms with E-state index in [1.165, 1.54) is 19.3 Å². The molecule has 0 saturated heterocycles. The van der Waals surface area contributed by atoms with Crippen LogP contribution in [-0.4, -0.2) is 34.4 Å². The molecule has 1 fully saturated rings. The highest BCUT2D eigenvalue weighted by molar-refractivity contribution is 5.94. The number of aryl methyl sites for hydroxylation is 1. The molecule has 156 valence electrons. The van der Waals surface area contributed by atoms with E-state index < -0.39 is 24.5 Å². The zero-order valence-electron chi connectivity index (χ0n) is 16.9. The summed E-state index contributed by atoms with van der Waals surface area (Å²) in [4.78, 5) is 39.6. The monoisotopic (exact) mass is 393 g/mol. The molecule has 1 aliphatic rings. The van der Waals surface area contributed by atoms with E-state index in [-0.39, 0.29) is 23.4 Å². The Bertz CT molecular complexity index is 692. The van der Waals surface area contributed by atoms with Gasteiger partial charge in [0.2, 0.25) is 11.8 Å². The second-order valence-corrected chi connectivity index (χ2v) is 7.99. The van der Waals surface area contributed by atoms with Gasteiger partial charge in [0.05, 0.1) is 0 Å². The number of carboxylic acid groups (broad SMARTS) is 1. The molecule has 8 heteroatoms. The summed E-state index contributed by atoms with van der Waals surface area (Å²) in [7, 11) is 0. The average Bonchev–Trinajstić information content (AvgIpc) is 3.01. The Balaban J connectivity index is 2.07. The second kappa shape index (κ2) is 10.2. The molecule has 1 atom stereocenters. The van der Waals surface area contributed by atoms with Crippen LogP contribution in [0, 0.1) is 18.8 Å². The van der Waals surface area contributed by atoms with Crippen LogP contribution in [0.15, 0.2) is 4.42 Å². The predicted octanol–water partition coefficient (Wildman–Crippen LogP) is 2.97. The second-order valence-electron chi connectivity index (χ2n) is 7.99. The number of hydrogen-bond acceptors (Lipinski definition) is 5. The number of hydrogen-bond donors (Lipinski definition) is 3. The summed E-state index contributed by atoms with van der Waals surface area (Å²) in [5, 5.41) is 14.0. The van der Waals surface area contributed by atoms with Crippen molar-refractivity contribution in [1.82, 2.24) is 15.6 Å². The van der Waals surface area contributed by atoms with Gasteiger partial charge in [0, 0.05) is 6.42 Å². The number of amides is 2. The summed E-state index contributed by atoms with van der Waals surface area (Å²) in [6.07, 6.45) is 6.92. The molecule has 0 bridgehead atoms. The maximum absolute atomic E-state index is 12.6. The van der Waals surface area contributed by atoms with E-state index in [4.69, 9.17) is 9.52 Å². The molecule has 2 amide bonds. The van der Waals surface area contributed by atoms with Gasteiger partial charge in [-0.1, -0.05) is 33.1 Å². The molecule has 1 unspecified atom stereocenters. The lowest BCUT2D eigenvalue weighted by Crippen LogP contribution is -2.32. The summed E-state index contributed by atoms with van der Waals surface area (Å²) >= 11 is 0. The smallest absolute Gasteiger partial charge is 0.322 e. The van der Waals surface area contributed by atoms with Gasteiger partial charge in [0.1, 0.15) is 18.3 Å². The van der Waals surface area contributed by atoms with Crippen LogP contribution < -0.4 is 10.6 Å². The fourth-order valence-electron chi connectivity index (χ4n) is 3.62. The number of carbonyl (C=O) groups is 3. The molecule has 1 saturated carbocycles. The number of carbonyl (C=O) groups excluding carboxylic acids is 2. The molecule has 1 aliphatic carbocycles. The standard InChI is InChI=1S/C20H31N3O5/c1-12(2)9-15(22-16(24)10-14-7-5-4-6-8-14)20-23-18(13(3)28-20)19(27)21-11-17(25)26/h12,14-15H,4-11H2,1-3H3,(H,21,27)(H,22,24)(H,25,26). The van der Waals surface area contributed by atoms with E-state index >= 15 is 0 Å². The topological polar surface area (TPSA) is 122 Å². The fraction of sp³-hybridized carbons (Fsp3) is 0.700. The summed E-state index contributed by atoms with van der Waals surface area (Å²) < 4.78 is 5.66. The maximum atomic E-state index is 12.6. The van der Waals surface area contributed by atoms with Crippen LogP contribution in [-0.2, 0) is 9.59 Å². The maximum Gasteiger partial charge on any atom is 0.322 e. The summed E-state index contributed by atoms with van der Waals surface area (Å²) in [5.74, 6) is -0.468. The van der Waals surface area contributed by atoms with E-state index in [2.05, 4.69) is 15.6 Å². The first-order chi connectivity index (χ1) is 13.3. The van der Waals surface area contributed by atoms with Crippen molar-refractivity contribution >= 4 is 17.8 Å². The van der Waals surface area contributed by atoms with Crippen molar-refractivity contribution < 1.29 is 23.9 Å². The number of rotatable bonds is 9. The lowest BCUT2D eigenvalue weighted by molar-refractivity contribution is -0.135. The third-order valence-corrected chi connectivity index (χ3v) is 4.97. The third kappa shape index (κ3) is 6.65. The molecule has 28 heavy (non-hydrogen) atoms. The summed E-state index contributed by atoms with van der Waals surface area (Å²) in [6, 6.07) is -0.421. The van der Waals surface area contributed by atoms with Gasteiger partial charge in [0.25, 0.3) is 5.91 Å². The molecule has 1 aromatic rings. The number of aliphatic carboxylic acids is 1. The number of nitrogens with one attached hydrogen (secondary N) is 2. The van der Waals surface area contributed by atoms with Gasteiger partial charge in [-0.05, 0) is 38.0 Å². The number of aromatic nitrogens is 1. The van der Waals surface area contributed by atoms with E-state index in [9.17, 15) is 14.4 Å². The van der Waals surface area contributed by atoms with Crippen LogP contribution in [0.5, 0.6) is 0 Å². The first-order valence-electron chi connectivity index (χ1n) is 10.0. The average molecular weight is 393 g/mol. The van der Waals surface area contributed by atoms with Gasteiger partial charge in [-0.3, -0.25) is 14.4 Å². The molecular weight excluding hydrogens is 362 g/mol. The Hall–Kier alpha value is -2.38. The highest BCUT2D eigenvalue weighted by Gasteiger charge is 2.26. The minimum atomic E-state index is -1.14. The molecule has 0 radical (unpaired) electrons. The number of carboxylic acids is 1. The first-order valence-corrected chi connectivity index (χ1v) is 10.0. The van der Waals surface area contributed by atoms with E-state index in [0.717, 1.165) is 12.8 Å². The fourth-order valence-corrected chi connectivity index (χ4v) is 3.62. The Morgan fingerprint density at radius 2 is 1.89 bits per heavy atom. The van der Waals surface area contributed by atoms with Crippen molar-refractivity contribution in [1.29, 1.82) is 0 Å². The zero-order valence-corrected chi connectivity index (χ0v) is 16.9. The number of oxazole rings is 1. The summed E-state index contributed by atoms with van der Waals surface area (Å²) in [5.41, 5.74) is 0.0477. The lowest BCUT2D eigenvalue weighted by Gasteiger charge is -2.23. The Morgan fingerprint density at radius 3 is 2.50 bits per heavy atom. The molecule has 1 aromatic heterocycles. The molecule has 0 aromatic carbocycles. The van der Waals surface area contributed by atoms with Gasteiger partial charge in [-0.15, -0.1) is 0 Å². The van der Waals surface area contributed by atoms with Crippen LogP contribution in [0.2, 0.25) is 0 Å². The minimum absolute atomic E-state index is 0.0229. The van der Waals surface area contributed by atoms with Gasteiger partial charge in [0.15, 0.2) is 5.69 Å². The van der Waals surface area contributed by atoms with Crippen LogP contribution in [0.1, 0.15) is 87.0 Å². The Kier molecular flexibility index (Phi) is 8.02. The SMILES string of the molecule is Cc1oc(C(CC(C)C)NC(=O)CC2CCCCC2)nc1C(=O)NCC(=O)O. The van der Waals surface area contributed by atoms with Gasteiger partial charge in [-0.2, -0.15) is 0 Å². The molecule has 8 nitrogen and oxygen atoms in total. The van der Waals surface area contributed by atoms with Crippen LogP contribution >= 0.6 is 0 Å². The van der Waals surface area contributed by atoms with Crippen molar-refractivity contribution in [3.8, 4) is 0 Å². The van der Waals surface area contributed by atoms with E-state index in [1.54, 1.807) is 6.92 Å². The van der Waals surface area contributed by atoms with Crippen molar-refractivity contribution in [3.05, 3.63) is 17.3 Å². The lowest BCUT2D eigenvalue weighted by atomic mass is 9.86. The largest absolute Gasteiger partial charge is 0.480 e. The van der Waals surface area contributed by atoms with Crippen molar-refractivity contribution in [3.63, 3.8) is 0 Å². The third-order valence-electron chi connectivity index (χ3n) is 4.97.